The van der Waals surface area contributed by atoms with Gasteiger partial charge < -0.3 is 9.67 Å². The van der Waals surface area contributed by atoms with Crippen molar-refractivity contribution in [1.82, 2.24) is 4.57 Å². The van der Waals surface area contributed by atoms with E-state index in [9.17, 15) is 5.11 Å². The molecule has 1 aromatic carbocycles. The monoisotopic (exact) mass is 215 g/mol. The number of benzene rings is 1. The first-order valence-electron chi connectivity index (χ1n) is 5.67. The standard InChI is InChI=1S/C14H17NO/c1-2-14(16)13-8-9-15(11-13)10-12-6-4-3-5-7-12/h3-9,11,14,16H,2,10H2,1H3. The van der Waals surface area contributed by atoms with Crippen LogP contribution in [0.15, 0.2) is 48.8 Å². The summed E-state index contributed by atoms with van der Waals surface area (Å²) in [6.45, 7) is 2.84. The zero-order valence-electron chi connectivity index (χ0n) is 9.50. The van der Waals surface area contributed by atoms with E-state index in [2.05, 4.69) is 16.7 Å². The van der Waals surface area contributed by atoms with Crippen LogP contribution in [0.1, 0.15) is 30.6 Å². The molecule has 0 aliphatic heterocycles. The van der Waals surface area contributed by atoms with Gasteiger partial charge in [-0.05, 0) is 23.6 Å². The van der Waals surface area contributed by atoms with Crippen LogP contribution >= 0.6 is 0 Å². The number of aliphatic hydroxyl groups excluding tert-OH is 1. The molecule has 0 aliphatic carbocycles. The topological polar surface area (TPSA) is 25.2 Å². The van der Waals surface area contributed by atoms with Crippen molar-refractivity contribution < 1.29 is 5.11 Å². The van der Waals surface area contributed by atoms with Crippen molar-refractivity contribution in [2.45, 2.75) is 26.0 Å². The average Bonchev–Trinajstić information content (AvgIpc) is 2.78. The predicted octanol–water partition coefficient (Wildman–Crippen LogP) is 2.98. The molecule has 0 spiro atoms. The van der Waals surface area contributed by atoms with Crippen molar-refractivity contribution in [3.05, 3.63) is 59.9 Å². The molecule has 0 saturated carbocycles. The van der Waals surface area contributed by atoms with Gasteiger partial charge in [-0.1, -0.05) is 37.3 Å². The van der Waals surface area contributed by atoms with Gasteiger partial charge in [0.2, 0.25) is 0 Å². The molecule has 0 fully saturated rings. The maximum atomic E-state index is 9.70. The van der Waals surface area contributed by atoms with Crippen LogP contribution in [-0.4, -0.2) is 9.67 Å². The first kappa shape index (κ1) is 11.0. The summed E-state index contributed by atoms with van der Waals surface area (Å²) in [6, 6.07) is 12.3. The van der Waals surface area contributed by atoms with Crippen molar-refractivity contribution >= 4 is 0 Å². The van der Waals surface area contributed by atoms with Crippen LogP contribution in [-0.2, 0) is 6.54 Å². The molecular formula is C14H17NO. The fourth-order valence-electron chi connectivity index (χ4n) is 1.78. The Morgan fingerprint density at radius 1 is 1.19 bits per heavy atom. The Hall–Kier alpha value is -1.54. The number of rotatable bonds is 4. The zero-order valence-corrected chi connectivity index (χ0v) is 9.50. The largest absolute Gasteiger partial charge is 0.388 e. The van der Waals surface area contributed by atoms with Crippen molar-refractivity contribution in [3.63, 3.8) is 0 Å². The highest BCUT2D eigenvalue weighted by atomic mass is 16.3. The van der Waals surface area contributed by atoms with Crippen LogP contribution in [0.4, 0.5) is 0 Å². The van der Waals surface area contributed by atoms with E-state index >= 15 is 0 Å². The third-order valence-electron chi connectivity index (χ3n) is 2.75. The summed E-state index contributed by atoms with van der Waals surface area (Å²) in [4.78, 5) is 0. The third kappa shape index (κ3) is 2.52. The van der Waals surface area contributed by atoms with E-state index in [0.29, 0.717) is 0 Å². The second-order valence-electron chi connectivity index (χ2n) is 4.03. The van der Waals surface area contributed by atoms with E-state index < -0.39 is 0 Å². The maximum absolute atomic E-state index is 9.70. The lowest BCUT2D eigenvalue weighted by atomic mass is 10.1. The van der Waals surface area contributed by atoms with Gasteiger partial charge in [0.25, 0.3) is 0 Å². The Balaban J connectivity index is 2.09. The van der Waals surface area contributed by atoms with E-state index in [4.69, 9.17) is 0 Å². The molecule has 2 nitrogen and oxygen atoms in total. The minimum Gasteiger partial charge on any atom is -0.388 e. The number of aromatic nitrogens is 1. The molecule has 0 bridgehead atoms. The Morgan fingerprint density at radius 3 is 2.62 bits per heavy atom. The van der Waals surface area contributed by atoms with Crippen LogP contribution in [0.3, 0.4) is 0 Å². The van der Waals surface area contributed by atoms with Gasteiger partial charge in [-0.15, -0.1) is 0 Å². The molecule has 2 rings (SSSR count). The summed E-state index contributed by atoms with van der Waals surface area (Å²) >= 11 is 0. The van der Waals surface area contributed by atoms with E-state index in [1.54, 1.807) is 0 Å². The minimum absolute atomic E-state index is 0.336. The predicted molar refractivity (Wildman–Crippen MR) is 65.2 cm³/mol. The Morgan fingerprint density at radius 2 is 1.94 bits per heavy atom. The first-order chi connectivity index (χ1) is 7.79. The lowest BCUT2D eigenvalue weighted by Gasteiger charge is -2.05. The summed E-state index contributed by atoms with van der Waals surface area (Å²) in [7, 11) is 0. The highest BCUT2D eigenvalue weighted by Gasteiger charge is 2.05. The highest BCUT2D eigenvalue weighted by Crippen LogP contribution is 2.16. The van der Waals surface area contributed by atoms with Crippen molar-refractivity contribution in [2.75, 3.05) is 0 Å². The van der Waals surface area contributed by atoms with Crippen LogP contribution < -0.4 is 0 Å². The lowest BCUT2D eigenvalue weighted by Crippen LogP contribution is -1.97. The fraction of sp³-hybridized carbons (Fsp3) is 0.286. The molecule has 0 amide bonds. The molecule has 1 N–H and O–H groups in total. The molecule has 84 valence electrons. The third-order valence-corrected chi connectivity index (χ3v) is 2.75. The van der Waals surface area contributed by atoms with E-state index in [1.807, 2.05) is 43.6 Å². The van der Waals surface area contributed by atoms with Crippen molar-refractivity contribution in [1.29, 1.82) is 0 Å². The number of aliphatic hydroxyl groups is 1. The molecule has 1 heterocycles. The second-order valence-corrected chi connectivity index (χ2v) is 4.03. The highest BCUT2D eigenvalue weighted by molar-refractivity contribution is 5.18. The summed E-state index contributed by atoms with van der Waals surface area (Å²) in [5.41, 5.74) is 2.27. The summed E-state index contributed by atoms with van der Waals surface area (Å²) in [6.07, 6.45) is 4.45. The smallest absolute Gasteiger partial charge is 0.0802 e. The molecule has 2 aromatic rings. The molecule has 1 aromatic heterocycles. The summed E-state index contributed by atoms with van der Waals surface area (Å²) in [5.74, 6) is 0. The Bertz CT molecular complexity index is 433. The van der Waals surface area contributed by atoms with Gasteiger partial charge in [0.15, 0.2) is 0 Å². The molecule has 1 atom stereocenters. The van der Waals surface area contributed by atoms with Gasteiger partial charge in [-0.3, -0.25) is 0 Å². The average molecular weight is 215 g/mol. The van der Waals surface area contributed by atoms with Crippen LogP contribution in [0.25, 0.3) is 0 Å². The van der Waals surface area contributed by atoms with Gasteiger partial charge in [0, 0.05) is 18.9 Å². The van der Waals surface area contributed by atoms with Crippen LogP contribution in [0, 0.1) is 0 Å². The Kier molecular flexibility index (Phi) is 3.42. The van der Waals surface area contributed by atoms with Crippen LogP contribution in [0.5, 0.6) is 0 Å². The normalized spacial score (nSPS) is 12.6. The van der Waals surface area contributed by atoms with Crippen molar-refractivity contribution in [3.8, 4) is 0 Å². The quantitative estimate of drug-likeness (QED) is 0.833. The van der Waals surface area contributed by atoms with E-state index in [1.165, 1.54) is 5.56 Å². The summed E-state index contributed by atoms with van der Waals surface area (Å²) < 4.78 is 2.10. The van der Waals surface area contributed by atoms with Gasteiger partial charge in [0.1, 0.15) is 0 Å². The first-order valence-corrected chi connectivity index (χ1v) is 5.67. The molecule has 1 unspecified atom stereocenters. The molecule has 0 aliphatic rings. The summed E-state index contributed by atoms with van der Waals surface area (Å²) in [5, 5.41) is 9.70. The number of hydrogen-bond donors (Lipinski definition) is 1. The minimum atomic E-state index is -0.336. The van der Waals surface area contributed by atoms with Gasteiger partial charge in [0.05, 0.1) is 6.10 Å². The van der Waals surface area contributed by atoms with Crippen LogP contribution in [0.2, 0.25) is 0 Å². The number of nitrogens with zero attached hydrogens (tertiary/aromatic N) is 1. The van der Waals surface area contributed by atoms with Gasteiger partial charge >= 0.3 is 0 Å². The van der Waals surface area contributed by atoms with E-state index in [0.717, 1.165) is 18.5 Å². The van der Waals surface area contributed by atoms with Crippen molar-refractivity contribution in [2.24, 2.45) is 0 Å². The second kappa shape index (κ2) is 4.99. The number of hydrogen-bond acceptors (Lipinski definition) is 1. The zero-order chi connectivity index (χ0) is 11.4. The molecule has 0 saturated heterocycles. The Labute approximate surface area is 96.2 Å². The molecule has 16 heavy (non-hydrogen) atoms. The molecular weight excluding hydrogens is 198 g/mol. The van der Waals surface area contributed by atoms with E-state index in [-0.39, 0.29) is 6.10 Å². The SMILES string of the molecule is CCC(O)c1ccn(Cc2ccccc2)c1. The molecule has 0 radical (unpaired) electrons. The lowest BCUT2D eigenvalue weighted by molar-refractivity contribution is 0.173. The molecule has 2 heteroatoms. The maximum Gasteiger partial charge on any atom is 0.0802 e. The fourth-order valence-corrected chi connectivity index (χ4v) is 1.78. The van der Waals surface area contributed by atoms with Gasteiger partial charge in [-0.25, -0.2) is 0 Å². The van der Waals surface area contributed by atoms with Gasteiger partial charge in [-0.2, -0.15) is 0 Å².